The van der Waals surface area contributed by atoms with E-state index in [1.54, 1.807) is 12.1 Å². The van der Waals surface area contributed by atoms with E-state index in [4.69, 9.17) is 17.3 Å². The Morgan fingerprint density at radius 1 is 1.11 bits per heavy atom. The van der Waals surface area contributed by atoms with Crippen molar-refractivity contribution < 1.29 is 9.50 Å². The van der Waals surface area contributed by atoms with E-state index in [0.29, 0.717) is 5.11 Å². The first-order chi connectivity index (χ1) is 8.72. The summed E-state index contributed by atoms with van der Waals surface area (Å²) in [5.74, 6) is -0.261. The number of rotatable bonds is 7. The van der Waals surface area contributed by atoms with E-state index in [9.17, 15) is 4.39 Å². The maximum atomic E-state index is 12.7. The molecule has 0 aliphatic rings. The fourth-order valence-corrected chi connectivity index (χ4v) is 1.72. The number of aliphatic hydroxyl groups excluding tert-OH is 1. The van der Waals surface area contributed by atoms with Gasteiger partial charge in [0.05, 0.1) is 0 Å². The predicted molar refractivity (Wildman–Crippen MR) is 76.2 cm³/mol. The van der Waals surface area contributed by atoms with E-state index in [1.807, 2.05) is 0 Å². The molecule has 0 aromatic heterocycles. The first-order valence-corrected chi connectivity index (χ1v) is 6.54. The molecule has 18 heavy (non-hydrogen) atoms. The van der Waals surface area contributed by atoms with Crippen LogP contribution in [0.25, 0.3) is 0 Å². The molecule has 0 heterocycles. The van der Waals surface area contributed by atoms with Crippen LogP contribution in [0, 0.1) is 5.82 Å². The number of benzene rings is 1. The van der Waals surface area contributed by atoms with Crippen LogP contribution in [0.5, 0.6) is 0 Å². The minimum Gasteiger partial charge on any atom is -0.396 e. The normalized spacial score (nSPS) is 10.1. The molecule has 0 unspecified atom stereocenters. The van der Waals surface area contributed by atoms with E-state index in [1.165, 1.54) is 12.1 Å². The van der Waals surface area contributed by atoms with Gasteiger partial charge in [-0.15, -0.1) is 0 Å². The molecule has 0 saturated heterocycles. The van der Waals surface area contributed by atoms with Gasteiger partial charge in [-0.2, -0.15) is 0 Å². The number of halogens is 1. The average molecular weight is 270 g/mol. The van der Waals surface area contributed by atoms with Gasteiger partial charge in [-0.05, 0) is 49.3 Å². The molecular weight excluding hydrogens is 251 g/mol. The van der Waals surface area contributed by atoms with Gasteiger partial charge in [-0.1, -0.05) is 12.8 Å². The van der Waals surface area contributed by atoms with Crippen LogP contribution < -0.4 is 10.6 Å². The third-order valence-electron chi connectivity index (χ3n) is 2.47. The Kier molecular flexibility index (Phi) is 7.29. The van der Waals surface area contributed by atoms with Gasteiger partial charge >= 0.3 is 0 Å². The molecule has 100 valence electrons. The summed E-state index contributed by atoms with van der Waals surface area (Å²) in [6, 6.07) is 6.06. The summed E-state index contributed by atoms with van der Waals surface area (Å²) < 4.78 is 12.7. The molecule has 0 amide bonds. The fraction of sp³-hybridized carbons (Fsp3) is 0.462. The molecule has 0 fully saturated rings. The molecule has 0 saturated carbocycles. The second kappa shape index (κ2) is 8.83. The Balaban J connectivity index is 2.12. The number of thiocarbonyl (C=S) groups is 1. The van der Waals surface area contributed by atoms with Gasteiger partial charge in [-0.25, -0.2) is 4.39 Å². The highest BCUT2D eigenvalue weighted by molar-refractivity contribution is 7.80. The van der Waals surface area contributed by atoms with Gasteiger partial charge in [0.15, 0.2) is 5.11 Å². The SMILES string of the molecule is OCCCCCCNC(=S)Nc1ccc(F)cc1. The molecule has 0 bridgehead atoms. The number of anilines is 1. The number of nitrogens with one attached hydrogen (secondary N) is 2. The number of hydrogen-bond acceptors (Lipinski definition) is 2. The van der Waals surface area contributed by atoms with Gasteiger partial charge in [-0.3, -0.25) is 0 Å². The third kappa shape index (κ3) is 6.51. The monoisotopic (exact) mass is 270 g/mol. The highest BCUT2D eigenvalue weighted by Gasteiger charge is 1.97. The Labute approximate surface area is 112 Å². The van der Waals surface area contributed by atoms with Crippen LogP contribution in [0.2, 0.25) is 0 Å². The minimum absolute atomic E-state index is 0.261. The zero-order chi connectivity index (χ0) is 13.2. The molecule has 0 spiro atoms. The van der Waals surface area contributed by atoms with Crippen LogP contribution >= 0.6 is 12.2 Å². The Morgan fingerprint density at radius 2 is 1.78 bits per heavy atom. The van der Waals surface area contributed by atoms with E-state index >= 15 is 0 Å². The Morgan fingerprint density at radius 3 is 2.44 bits per heavy atom. The summed E-state index contributed by atoms with van der Waals surface area (Å²) in [6.45, 7) is 1.07. The molecule has 3 N–H and O–H groups in total. The van der Waals surface area contributed by atoms with E-state index in [0.717, 1.165) is 37.9 Å². The van der Waals surface area contributed by atoms with Gasteiger partial charge in [0.2, 0.25) is 0 Å². The molecule has 3 nitrogen and oxygen atoms in total. The maximum Gasteiger partial charge on any atom is 0.170 e. The number of aliphatic hydroxyl groups is 1. The maximum absolute atomic E-state index is 12.7. The molecule has 1 rings (SSSR count). The lowest BCUT2D eigenvalue weighted by molar-refractivity contribution is 0.282. The fourth-order valence-electron chi connectivity index (χ4n) is 1.50. The van der Waals surface area contributed by atoms with Crippen molar-refractivity contribution in [3.8, 4) is 0 Å². The summed E-state index contributed by atoms with van der Waals surface area (Å²) in [5.41, 5.74) is 0.772. The first kappa shape index (κ1) is 14.9. The van der Waals surface area contributed by atoms with Gasteiger partial charge < -0.3 is 15.7 Å². The van der Waals surface area contributed by atoms with Crippen LogP contribution in [0.3, 0.4) is 0 Å². The quantitative estimate of drug-likeness (QED) is 0.526. The minimum atomic E-state index is -0.261. The van der Waals surface area contributed by atoms with Crippen molar-refractivity contribution >= 4 is 23.0 Å². The van der Waals surface area contributed by atoms with Crippen molar-refractivity contribution in [2.24, 2.45) is 0 Å². The van der Waals surface area contributed by atoms with Crippen molar-refractivity contribution in [1.29, 1.82) is 0 Å². The zero-order valence-corrected chi connectivity index (χ0v) is 11.1. The molecular formula is C13H19FN2OS. The molecule has 0 aliphatic heterocycles. The summed E-state index contributed by atoms with van der Waals surface area (Å²) >= 11 is 5.11. The van der Waals surface area contributed by atoms with Crippen molar-refractivity contribution in [2.45, 2.75) is 25.7 Å². The van der Waals surface area contributed by atoms with Crippen LogP contribution in [-0.4, -0.2) is 23.4 Å². The second-order valence-electron chi connectivity index (χ2n) is 4.03. The van der Waals surface area contributed by atoms with Crippen molar-refractivity contribution in [2.75, 3.05) is 18.5 Å². The van der Waals surface area contributed by atoms with E-state index < -0.39 is 0 Å². The van der Waals surface area contributed by atoms with Crippen molar-refractivity contribution in [1.82, 2.24) is 5.32 Å². The summed E-state index contributed by atoms with van der Waals surface area (Å²) in [5, 5.41) is 15.2. The topological polar surface area (TPSA) is 44.3 Å². The number of unbranched alkanes of at least 4 members (excludes halogenated alkanes) is 3. The molecule has 1 aromatic carbocycles. The van der Waals surface area contributed by atoms with Crippen LogP contribution in [0.15, 0.2) is 24.3 Å². The summed E-state index contributed by atoms with van der Waals surface area (Å²) in [4.78, 5) is 0. The third-order valence-corrected chi connectivity index (χ3v) is 2.72. The van der Waals surface area contributed by atoms with Crippen LogP contribution in [0.1, 0.15) is 25.7 Å². The summed E-state index contributed by atoms with van der Waals surface area (Å²) in [6.07, 6.45) is 3.99. The van der Waals surface area contributed by atoms with E-state index in [-0.39, 0.29) is 12.4 Å². The average Bonchev–Trinajstić information content (AvgIpc) is 2.36. The first-order valence-electron chi connectivity index (χ1n) is 6.13. The van der Waals surface area contributed by atoms with Gasteiger partial charge in [0.25, 0.3) is 0 Å². The molecule has 0 radical (unpaired) electrons. The highest BCUT2D eigenvalue weighted by Crippen LogP contribution is 2.07. The largest absolute Gasteiger partial charge is 0.396 e. The van der Waals surface area contributed by atoms with Crippen LogP contribution in [-0.2, 0) is 0 Å². The zero-order valence-electron chi connectivity index (χ0n) is 10.3. The lowest BCUT2D eigenvalue weighted by Crippen LogP contribution is -2.29. The van der Waals surface area contributed by atoms with Gasteiger partial charge in [0.1, 0.15) is 5.82 Å². The smallest absolute Gasteiger partial charge is 0.170 e. The number of hydrogen-bond donors (Lipinski definition) is 3. The van der Waals surface area contributed by atoms with E-state index in [2.05, 4.69) is 10.6 Å². The predicted octanol–water partition coefficient (Wildman–Crippen LogP) is 2.66. The lowest BCUT2D eigenvalue weighted by atomic mass is 10.2. The Hall–Kier alpha value is -1.20. The molecule has 0 aliphatic carbocycles. The summed E-state index contributed by atoms with van der Waals surface area (Å²) in [7, 11) is 0. The van der Waals surface area contributed by atoms with Crippen LogP contribution in [0.4, 0.5) is 10.1 Å². The highest BCUT2D eigenvalue weighted by atomic mass is 32.1. The lowest BCUT2D eigenvalue weighted by Gasteiger charge is -2.10. The van der Waals surface area contributed by atoms with Crippen molar-refractivity contribution in [3.63, 3.8) is 0 Å². The molecule has 0 atom stereocenters. The Bertz CT molecular complexity index is 357. The second-order valence-corrected chi connectivity index (χ2v) is 4.43. The van der Waals surface area contributed by atoms with Crippen molar-refractivity contribution in [3.05, 3.63) is 30.1 Å². The molecule has 5 heteroatoms. The standard InChI is InChI=1S/C13H19FN2OS/c14-11-5-7-12(8-6-11)16-13(18)15-9-3-1-2-4-10-17/h5-8,17H,1-4,9-10H2,(H2,15,16,18). The van der Waals surface area contributed by atoms with Gasteiger partial charge in [0, 0.05) is 18.8 Å². The molecule has 1 aromatic rings.